The summed E-state index contributed by atoms with van der Waals surface area (Å²) in [5, 5.41) is 10.4. The van der Waals surface area contributed by atoms with Crippen LogP contribution in [0, 0.1) is 22.5 Å². The number of benzene rings is 1. The molecule has 1 aromatic carbocycles. The molecule has 0 saturated carbocycles. The van der Waals surface area contributed by atoms with Gasteiger partial charge in [0.05, 0.1) is 11.0 Å². The van der Waals surface area contributed by atoms with Crippen LogP contribution in [-0.4, -0.2) is 4.92 Å². The third kappa shape index (κ3) is 2.04. The Hall–Kier alpha value is -1.86. The Morgan fingerprint density at radius 2 is 2.31 bits per heavy atom. The van der Waals surface area contributed by atoms with E-state index in [0.29, 0.717) is 5.56 Å². The van der Waals surface area contributed by atoms with Gasteiger partial charge in [0.2, 0.25) is 0 Å². The lowest BCUT2D eigenvalue weighted by Gasteiger charge is -2.02. The summed E-state index contributed by atoms with van der Waals surface area (Å²) < 4.78 is 0. The topological polar surface area (TPSA) is 69.2 Å². The van der Waals surface area contributed by atoms with Crippen molar-refractivity contribution in [2.24, 2.45) is 5.73 Å². The molecule has 0 aliphatic heterocycles. The molecule has 0 fully saturated rings. The second-order valence-corrected chi connectivity index (χ2v) is 2.50. The van der Waals surface area contributed by atoms with Gasteiger partial charge in [0.15, 0.2) is 0 Å². The van der Waals surface area contributed by atoms with Gasteiger partial charge in [-0.2, -0.15) is 0 Å². The Morgan fingerprint density at radius 1 is 1.62 bits per heavy atom. The van der Waals surface area contributed by atoms with Crippen LogP contribution in [-0.2, 0) is 0 Å². The number of nitro benzene ring substituents is 1. The first kappa shape index (κ1) is 9.23. The molecule has 1 aromatic rings. The number of hydrogen-bond acceptors (Lipinski definition) is 3. The quantitative estimate of drug-likeness (QED) is 0.418. The molecule has 0 aliphatic rings. The van der Waals surface area contributed by atoms with Crippen LogP contribution >= 0.6 is 0 Å². The fraction of sp³-hybridized carbons (Fsp3) is 0.111. The van der Waals surface area contributed by atoms with Crippen LogP contribution in [0.15, 0.2) is 24.3 Å². The van der Waals surface area contributed by atoms with Crippen molar-refractivity contribution in [1.29, 1.82) is 0 Å². The third-order valence-corrected chi connectivity index (χ3v) is 1.62. The molecule has 0 aromatic heterocycles. The monoisotopic (exact) mass is 176 g/mol. The maximum atomic E-state index is 10.4. The zero-order valence-electron chi connectivity index (χ0n) is 6.81. The molecular weight excluding hydrogens is 168 g/mol. The summed E-state index contributed by atoms with van der Waals surface area (Å²) in [5.41, 5.74) is 6.09. The lowest BCUT2D eigenvalue weighted by atomic mass is 10.1. The van der Waals surface area contributed by atoms with Crippen molar-refractivity contribution >= 4 is 5.69 Å². The average molecular weight is 176 g/mol. The lowest BCUT2D eigenvalue weighted by Crippen LogP contribution is -2.07. The summed E-state index contributed by atoms with van der Waals surface area (Å²) in [6.45, 7) is 0. The van der Waals surface area contributed by atoms with Crippen LogP contribution in [0.5, 0.6) is 0 Å². The van der Waals surface area contributed by atoms with E-state index < -0.39 is 11.0 Å². The van der Waals surface area contributed by atoms with Gasteiger partial charge in [-0.15, -0.1) is 6.42 Å². The Bertz CT molecular complexity index is 368. The van der Waals surface area contributed by atoms with E-state index in [0.717, 1.165) is 0 Å². The summed E-state index contributed by atoms with van der Waals surface area (Å²) in [6.07, 6.45) is 5.09. The van der Waals surface area contributed by atoms with Crippen LogP contribution in [0.4, 0.5) is 5.69 Å². The molecular formula is C9H8N2O2. The molecule has 0 saturated heterocycles. The predicted molar refractivity (Wildman–Crippen MR) is 48.9 cm³/mol. The normalized spacial score (nSPS) is 11.7. The average Bonchev–Trinajstić information content (AvgIpc) is 2.17. The molecule has 0 spiro atoms. The van der Waals surface area contributed by atoms with Gasteiger partial charge in [-0.05, 0) is 5.56 Å². The molecule has 4 heteroatoms. The molecule has 0 bridgehead atoms. The minimum Gasteiger partial charge on any atom is -0.314 e. The first-order chi connectivity index (χ1) is 6.15. The van der Waals surface area contributed by atoms with Crippen molar-refractivity contribution in [3.8, 4) is 12.3 Å². The van der Waals surface area contributed by atoms with Gasteiger partial charge in [0.1, 0.15) is 0 Å². The fourth-order valence-electron chi connectivity index (χ4n) is 0.928. The van der Waals surface area contributed by atoms with Crippen molar-refractivity contribution in [1.82, 2.24) is 0 Å². The van der Waals surface area contributed by atoms with E-state index in [9.17, 15) is 10.1 Å². The van der Waals surface area contributed by atoms with E-state index in [1.165, 1.54) is 12.1 Å². The second kappa shape index (κ2) is 3.70. The van der Waals surface area contributed by atoms with Crippen molar-refractivity contribution in [2.75, 3.05) is 0 Å². The number of rotatable bonds is 2. The number of nitrogens with zero attached hydrogens (tertiary/aromatic N) is 1. The Kier molecular flexibility index (Phi) is 2.62. The van der Waals surface area contributed by atoms with Gasteiger partial charge in [0.25, 0.3) is 5.69 Å². The molecule has 1 rings (SSSR count). The van der Waals surface area contributed by atoms with Gasteiger partial charge in [-0.1, -0.05) is 18.1 Å². The molecule has 0 aliphatic carbocycles. The van der Waals surface area contributed by atoms with Crippen molar-refractivity contribution in [3.05, 3.63) is 39.9 Å². The number of nitro groups is 1. The van der Waals surface area contributed by atoms with E-state index in [-0.39, 0.29) is 5.69 Å². The Balaban J connectivity index is 3.07. The zero-order chi connectivity index (χ0) is 9.84. The zero-order valence-corrected chi connectivity index (χ0v) is 6.81. The minimum absolute atomic E-state index is 0.00296. The minimum atomic E-state index is -0.583. The maximum Gasteiger partial charge on any atom is 0.269 e. The molecule has 4 nitrogen and oxygen atoms in total. The van der Waals surface area contributed by atoms with Gasteiger partial charge in [-0.25, -0.2) is 0 Å². The van der Waals surface area contributed by atoms with Gasteiger partial charge in [0, 0.05) is 12.1 Å². The third-order valence-electron chi connectivity index (χ3n) is 1.62. The summed E-state index contributed by atoms with van der Waals surface area (Å²) in [7, 11) is 0. The van der Waals surface area contributed by atoms with E-state index >= 15 is 0 Å². The first-order valence-electron chi connectivity index (χ1n) is 3.61. The van der Waals surface area contributed by atoms with Crippen LogP contribution in [0.1, 0.15) is 11.6 Å². The highest BCUT2D eigenvalue weighted by molar-refractivity contribution is 5.37. The summed E-state index contributed by atoms with van der Waals surface area (Å²) in [4.78, 5) is 9.90. The predicted octanol–water partition coefficient (Wildman–Crippen LogP) is 1.23. The van der Waals surface area contributed by atoms with Crippen molar-refractivity contribution in [2.45, 2.75) is 6.04 Å². The number of non-ortho nitro benzene ring substituents is 1. The van der Waals surface area contributed by atoms with Crippen LogP contribution in [0.25, 0.3) is 0 Å². The smallest absolute Gasteiger partial charge is 0.269 e. The molecule has 2 N–H and O–H groups in total. The standard InChI is InChI=1S/C9H8N2O2/c1-2-9(10)7-4-3-5-8(6-7)11(12)13/h1,3-6,9H,10H2/t9-/m1/s1. The number of nitrogens with two attached hydrogens (primary N) is 1. The fourth-order valence-corrected chi connectivity index (χ4v) is 0.928. The number of hydrogen-bond donors (Lipinski definition) is 1. The number of terminal acetylenes is 1. The molecule has 0 heterocycles. The highest BCUT2D eigenvalue weighted by Crippen LogP contribution is 2.16. The molecule has 0 radical (unpaired) electrons. The molecule has 13 heavy (non-hydrogen) atoms. The largest absolute Gasteiger partial charge is 0.314 e. The van der Waals surface area contributed by atoms with Crippen molar-refractivity contribution in [3.63, 3.8) is 0 Å². The van der Waals surface area contributed by atoms with Gasteiger partial charge < -0.3 is 5.73 Å². The summed E-state index contributed by atoms with van der Waals surface area (Å²) >= 11 is 0. The second-order valence-electron chi connectivity index (χ2n) is 2.50. The maximum absolute atomic E-state index is 10.4. The van der Waals surface area contributed by atoms with Crippen LogP contribution in [0.2, 0.25) is 0 Å². The van der Waals surface area contributed by atoms with Crippen molar-refractivity contribution < 1.29 is 4.92 Å². The first-order valence-corrected chi connectivity index (χ1v) is 3.61. The highest BCUT2D eigenvalue weighted by Gasteiger charge is 2.08. The Labute approximate surface area is 75.5 Å². The van der Waals surface area contributed by atoms with Crippen LogP contribution < -0.4 is 5.73 Å². The van der Waals surface area contributed by atoms with Crippen LogP contribution in [0.3, 0.4) is 0 Å². The highest BCUT2D eigenvalue weighted by atomic mass is 16.6. The van der Waals surface area contributed by atoms with Gasteiger partial charge >= 0.3 is 0 Å². The SMILES string of the molecule is C#C[C@@H](N)c1cccc([N+](=O)[O-])c1. The van der Waals surface area contributed by atoms with E-state index in [1.54, 1.807) is 12.1 Å². The Morgan fingerprint density at radius 3 is 2.85 bits per heavy atom. The lowest BCUT2D eigenvalue weighted by molar-refractivity contribution is -0.384. The van der Waals surface area contributed by atoms with E-state index in [2.05, 4.69) is 5.92 Å². The molecule has 0 unspecified atom stereocenters. The van der Waals surface area contributed by atoms with E-state index in [1.807, 2.05) is 0 Å². The summed E-state index contributed by atoms with van der Waals surface area (Å²) in [6, 6.07) is 5.42. The molecule has 0 amide bonds. The van der Waals surface area contributed by atoms with Gasteiger partial charge in [-0.3, -0.25) is 10.1 Å². The van der Waals surface area contributed by atoms with E-state index in [4.69, 9.17) is 12.2 Å². The summed E-state index contributed by atoms with van der Waals surface area (Å²) in [5.74, 6) is 2.30. The molecule has 66 valence electrons. The molecule has 1 atom stereocenters.